The smallest absolute Gasteiger partial charge is 0.242 e. The number of aromatic nitrogens is 1. The summed E-state index contributed by atoms with van der Waals surface area (Å²) in [6.45, 7) is 2.96. The predicted octanol–water partition coefficient (Wildman–Crippen LogP) is 2.84. The molecule has 7 nitrogen and oxygen atoms in total. The molecule has 1 saturated carbocycles. The first-order valence-electron chi connectivity index (χ1n) is 11.2. The maximum Gasteiger partial charge on any atom is 0.242 e. The van der Waals surface area contributed by atoms with Gasteiger partial charge >= 0.3 is 0 Å². The SMILES string of the molecule is O=C(Cn1ccc2ccccc21)N1CCN(C(=O)C2CC2c2ccc3c(c2)OCO3)CC1. The Morgan fingerprint density at radius 2 is 1.69 bits per heavy atom. The van der Waals surface area contributed by atoms with Crippen molar-refractivity contribution < 1.29 is 19.1 Å². The van der Waals surface area contributed by atoms with E-state index in [0.29, 0.717) is 32.7 Å². The summed E-state index contributed by atoms with van der Waals surface area (Å²) >= 11 is 0. The van der Waals surface area contributed by atoms with Crippen molar-refractivity contribution in [3.05, 3.63) is 60.3 Å². The van der Waals surface area contributed by atoms with Gasteiger partial charge in [0.1, 0.15) is 6.54 Å². The second-order valence-corrected chi connectivity index (χ2v) is 8.77. The molecule has 1 aromatic heterocycles. The number of amides is 2. The van der Waals surface area contributed by atoms with Crippen molar-refractivity contribution >= 4 is 22.7 Å². The van der Waals surface area contributed by atoms with Gasteiger partial charge in [0.25, 0.3) is 0 Å². The molecule has 3 heterocycles. The Labute approximate surface area is 186 Å². The van der Waals surface area contributed by atoms with Crippen LogP contribution in [0.5, 0.6) is 11.5 Å². The monoisotopic (exact) mass is 431 g/mol. The third-order valence-electron chi connectivity index (χ3n) is 6.86. The van der Waals surface area contributed by atoms with Crippen LogP contribution in [0.4, 0.5) is 0 Å². The lowest BCUT2D eigenvalue weighted by molar-refractivity contribution is -0.140. The first kappa shape index (κ1) is 19.2. The molecule has 7 heteroatoms. The van der Waals surface area contributed by atoms with Gasteiger partial charge in [0.05, 0.1) is 0 Å². The van der Waals surface area contributed by atoms with Gasteiger partial charge in [-0.15, -0.1) is 0 Å². The Hall–Kier alpha value is -3.48. The molecular weight excluding hydrogens is 406 g/mol. The van der Waals surface area contributed by atoms with Gasteiger partial charge in [-0.05, 0) is 47.6 Å². The van der Waals surface area contributed by atoms with Crippen LogP contribution in [0, 0.1) is 5.92 Å². The average molecular weight is 431 g/mol. The van der Waals surface area contributed by atoms with Gasteiger partial charge in [-0.25, -0.2) is 0 Å². The molecule has 2 amide bonds. The van der Waals surface area contributed by atoms with Crippen LogP contribution >= 0.6 is 0 Å². The molecule has 2 atom stereocenters. The maximum atomic E-state index is 13.0. The van der Waals surface area contributed by atoms with E-state index in [1.807, 2.05) is 63.0 Å². The molecule has 0 N–H and O–H groups in total. The number of carbonyl (C=O) groups is 2. The minimum Gasteiger partial charge on any atom is -0.454 e. The summed E-state index contributed by atoms with van der Waals surface area (Å²) in [4.78, 5) is 29.7. The number of carbonyl (C=O) groups excluding carboxylic acids is 2. The second kappa shape index (κ2) is 7.58. The minimum atomic E-state index is 0.0314. The number of nitrogens with zero attached hydrogens (tertiary/aromatic N) is 3. The van der Waals surface area contributed by atoms with E-state index in [1.54, 1.807) is 0 Å². The van der Waals surface area contributed by atoms with Crippen molar-refractivity contribution in [3.63, 3.8) is 0 Å². The number of ether oxygens (including phenoxy) is 2. The van der Waals surface area contributed by atoms with E-state index in [-0.39, 0.29) is 30.4 Å². The highest BCUT2D eigenvalue weighted by molar-refractivity contribution is 5.85. The molecule has 1 aliphatic carbocycles. The standard InChI is InChI=1S/C25H25N3O4/c29-24(15-28-8-7-17-3-1-2-4-21(17)28)26-9-11-27(12-10-26)25(30)20-14-19(20)18-5-6-22-23(13-18)32-16-31-22/h1-8,13,19-20H,9-12,14-16H2. The number of fused-ring (bicyclic) bond motifs is 2. The third kappa shape index (κ3) is 3.38. The largest absolute Gasteiger partial charge is 0.454 e. The normalized spacial score (nSPS) is 21.8. The van der Waals surface area contributed by atoms with Crippen LogP contribution in [0.1, 0.15) is 17.9 Å². The van der Waals surface area contributed by atoms with Gasteiger partial charge in [-0.2, -0.15) is 0 Å². The van der Waals surface area contributed by atoms with E-state index in [4.69, 9.17) is 9.47 Å². The van der Waals surface area contributed by atoms with E-state index >= 15 is 0 Å². The van der Waals surface area contributed by atoms with Crippen LogP contribution in [-0.2, 0) is 16.1 Å². The van der Waals surface area contributed by atoms with Crippen molar-refractivity contribution in [1.82, 2.24) is 14.4 Å². The van der Waals surface area contributed by atoms with Gasteiger partial charge in [0.15, 0.2) is 11.5 Å². The Bertz CT molecular complexity index is 1190. The molecule has 2 fully saturated rings. The predicted molar refractivity (Wildman–Crippen MR) is 119 cm³/mol. The molecule has 6 rings (SSSR count). The molecule has 0 spiro atoms. The number of rotatable bonds is 4. The Morgan fingerprint density at radius 3 is 2.56 bits per heavy atom. The summed E-state index contributed by atoms with van der Waals surface area (Å²) in [6, 6.07) is 16.1. The van der Waals surface area contributed by atoms with E-state index in [1.165, 1.54) is 0 Å². The van der Waals surface area contributed by atoms with Crippen molar-refractivity contribution in [2.24, 2.45) is 5.92 Å². The van der Waals surface area contributed by atoms with E-state index in [2.05, 4.69) is 6.07 Å². The third-order valence-corrected chi connectivity index (χ3v) is 6.86. The first-order chi connectivity index (χ1) is 15.7. The fourth-order valence-corrected chi connectivity index (χ4v) is 4.92. The topological polar surface area (TPSA) is 64.0 Å². The number of hydrogen-bond donors (Lipinski definition) is 0. The van der Waals surface area contributed by atoms with Gasteiger partial charge in [0.2, 0.25) is 18.6 Å². The van der Waals surface area contributed by atoms with E-state index in [0.717, 1.165) is 34.4 Å². The summed E-state index contributed by atoms with van der Waals surface area (Å²) in [5.41, 5.74) is 2.21. The summed E-state index contributed by atoms with van der Waals surface area (Å²) in [6.07, 6.45) is 2.84. The van der Waals surface area contributed by atoms with Crippen molar-refractivity contribution in [1.29, 1.82) is 0 Å². The van der Waals surface area contributed by atoms with Gasteiger partial charge in [-0.1, -0.05) is 24.3 Å². The van der Waals surface area contributed by atoms with Crippen LogP contribution in [0.25, 0.3) is 10.9 Å². The molecule has 32 heavy (non-hydrogen) atoms. The summed E-state index contributed by atoms with van der Waals surface area (Å²) in [5, 5.41) is 1.14. The second-order valence-electron chi connectivity index (χ2n) is 8.77. The number of benzene rings is 2. The van der Waals surface area contributed by atoms with Gasteiger partial charge in [-0.3, -0.25) is 9.59 Å². The number of hydrogen-bond acceptors (Lipinski definition) is 4. The molecular formula is C25H25N3O4. The Balaban J connectivity index is 1.04. The molecule has 3 aliphatic rings. The van der Waals surface area contributed by atoms with Crippen molar-refractivity contribution in [2.75, 3.05) is 33.0 Å². The fraction of sp³-hybridized carbons (Fsp3) is 0.360. The lowest BCUT2D eigenvalue weighted by Gasteiger charge is -2.35. The van der Waals surface area contributed by atoms with Crippen molar-refractivity contribution in [2.45, 2.75) is 18.9 Å². The van der Waals surface area contributed by atoms with E-state index < -0.39 is 0 Å². The Morgan fingerprint density at radius 1 is 0.906 bits per heavy atom. The van der Waals surface area contributed by atoms with Crippen LogP contribution in [-0.4, -0.2) is 59.2 Å². The zero-order valence-electron chi connectivity index (χ0n) is 17.8. The molecule has 164 valence electrons. The minimum absolute atomic E-state index is 0.0314. The summed E-state index contributed by atoms with van der Waals surface area (Å²) in [5.74, 6) is 2.12. The quantitative estimate of drug-likeness (QED) is 0.637. The van der Waals surface area contributed by atoms with Crippen molar-refractivity contribution in [3.8, 4) is 11.5 Å². The molecule has 2 aliphatic heterocycles. The zero-order valence-corrected chi connectivity index (χ0v) is 17.8. The van der Waals surface area contributed by atoms with Gasteiger partial charge in [0, 0.05) is 43.8 Å². The number of piperazine rings is 1. The highest BCUT2D eigenvalue weighted by Crippen LogP contribution is 2.50. The molecule has 0 bridgehead atoms. The first-order valence-corrected chi connectivity index (χ1v) is 11.2. The average Bonchev–Trinajstić information content (AvgIpc) is 3.31. The van der Waals surface area contributed by atoms with Crippen LogP contribution in [0.2, 0.25) is 0 Å². The van der Waals surface area contributed by atoms with Crippen LogP contribution in [0.15, 0.2) is 54.7 Å². The Kier molecular flexibility index (Phi) is 4.56. The lowest BCUT2D eigenvalue weighted by atomic mass is 10.1. The molecule has 2 unspecified atom stereocenters. The summed E-state index contributed by atoms with van der Waals surface area (Å²) < 4.78 is 12.8. The maximum absolute atomic E-state index is 13.0. The van der Waals surface area contributed by atoms with E-state index in [9.17, 15) is 9.59 Å². The highest BCUT2D eigenvalue weighted by Gasteiger charge is 2.46. The summed E-state index contributed by atoms with van der Waals surface area (Å²) in [7, 11) is 0. The zero-order chi connectivity index (χ0) is 21.7. The molecule has 2 aromatic carbocycles. The number of para-hydroxylation sites is 1. The highest BCUT2D eigenvalue weighted by atomic mass is 16.7. The van der Waals surface area contributed by atoms with Crippen LogP contribution in [0.3, 0.4) is 0 Å². The fourth-order valence-electron chi connectivity index (χ4n) is 4.92. The van der Waals surface area contributed by atoms with Crippen LogP contribution < -0.4 is 9.47 Å². The lowest BCUT2D eigenvalue weighted by Crippen LogP contribution is -2.51. The molecule has 3 aromatic rings. The molecule has 1 saturated heterocycles. The molecule has 0 radical (unpaired) electrons. The van der Waals surface area contributed by atoms with Gasteiger partial charge < -0.3 is 23.8 Å².